The van der Waals surface area contributed by atoms with E-state index < -0.39 is 11.4 Å². The fourth-order valence-corrected chi connectivity index (χ4v) is 3.02. The van der Waals surface area contributed by atoms with Crippen molar-refractivity contribution < 1.29 is 141 Å². The summed E-state index contributed by atoms with van der Waals surface area (Å²) >= 11 is 0. The van der Waals surface area contributed by atoms with Crippen LogP contribution in [0.4, 0.5) is 0 Å². The molecule has 4 bridgehead atoms. The summed E-state index contributed by atoms with van der Waals surface area (Å²) < 4.78 is 0. The predicted molar refractivity (Wildman–Crippen MR) is 91.6 cm³/mol. The van der Waals surface area contributed by atoms with Gasteiger partial charge in [0, 0.05) is 131 Å². The normalized spacial score (nSPS) is 18.0. The van der Waals surface area contributed by atoms with Gasteiger partial charge in [0.25, 0.3) is 0 Å². The van der Waals surface area contributed by atoms with Gasteiger partial charge < -0.3 is 89.6 Å². The molecule has 0 aromatic rings. The summed E-state index contributed by atoms with van der Waals surface area (Å²) in [6, 6.07) is 0. The van der Waals surface area contributed by atoms with Crippen molar-refractivity contribution in [1.29, 1.82) is 0 Å². The molecule has 4 aliphatic carbocycles. The van der Waals surface area contributed by atoms with Gasteiger partial charge in [-0.05, 0) is 20.3 Å². The molecule has 0 aliphatic heterocycles. The van der Waals surface area contributed by atoms with Crippen LogP contribution in [0, 0.1) is 51.4 Å². The molecule has 0 heterocycles. The Labute approximate surface area is 259 Å². The summed E-state index contributed by atoms with van der Waals surface area (Å²) in [5, 5.41) is 8.44. The minimum absolute atomic E-state index is 0. The average molecular weight is 649 g/mol. The molecule has 0 amide bonds. The molecule has 25 heavy (non-hydrogen) atoms. The maximum atomic E-state index is 10.3. The summed E-state index contributed by atoms with van der Waals surface area (Å²) in [7, 11) is 0. The van der Waals surface area contributed by atoms with Crippen molar-refractivity contribution in [1.82, 2.24) is 0 Å². The first-order chi connectivity index (χ1) is 8.40. The van der Waals surface area contributed by atoms with Crippen LogP contribution in [0.5, 0.6) is 0 Å². The second-order valence-corrected chi connectivity index (χ2v) is 6.60. The van der Waals surface area contributed by atoms with Gasteiger partial charge in [-0.1, -0.05) is 6.92 Å². The van der Waals surface area contributed by atoms with Crippen molar-refractivity contribution in [2.75, 3.05) is 0 Å². The summed E-state index contributed by atoms with van der Waals surface area (Å²) in [6.07, 6.45) is 9.06. The van der Waals surface area contributed by atoms with E-state index in [1.807, 2.05) is 30.6 Å². The molecule has 0 aromatic carbocycles. The van der Waals surface area contributed by atoms with Crippen molar-refractivity contribution in [2.24, 2.45) is 5.41 Å². The summed E-state index contributed by atoms with van der Waals surface area (Å²) in [5.41, 5.74) is -0.542. The van der Waals surface area contributed by atoms with Crippen molar-refractivity contribution in [3.63, 3.8) is 0 Å². The molecular formula is C19H33O2Y4-7. The summed E-state index contributed by atoms with van der Waals surface area (Å²) in [4.78, 5) is 10.3. The largest absolute Gasteiger partial charge is 0.481 e. The third-order valence-corrected chi connectivity index (χ3v) is 4.46. The van der Waals surface area contributed by atoms with E-state index in [-0.39, 0.29) is 153 Å². The SMILES string of the molecule is C1[C-]2C[C-]3C[C-]1C[C-](C2)C3.CCC(C)(C)C(=O)O.[CH3-].[CH3-].[CH3-].[Y].[Y].[Y].[Y]. The molecule has 0 saturated heterocycles. The third-order valence-electron chi connectivity index (χ3n) is 4.46. The molecule has 6 heteroatoms. The van der Waals surface area contributed by atoms with E-state index >= 15 is 0 Å². The Morgan fingerprint density at radius 3 is 1.04 bits per heavy atom. The van der Waals surface area contributed by atoms with Crippen LogP contribution in [0.1, 0.15) is 65.7 Å². The number of aliphatic carboxylic acids is 1. The molecule has 0 atom stereocenters. The first kappa shape index (κ1) is 42.9. The van der Waals surface area contributed by atoms with E-state index in [4.69, 9.17) is 5.11 Å². The molecule has 1 N–H and O–H groups in total. The van der Waals surface area contributed by atoms with Gasteiger partial charge in [-0.15, -0.1) is 0 Å². The van der Waals surface area contributed by atoms with E-state index in [9.17, 15) is 4.79 Å². The number of carbonyl (C=O) groups is 1. The molecule has 140 valence electrons. The monoisotopic (exact) mass is 649 g/mol. The van der Waals surface area contributed by atoms with Gasteiger partial charge in [-0.25, -0.2) is 0 Å². The molecule has 4 aliphatic rings. The molecular weight excluding hydrogens is 616 g/mol. The minimum atomic E-state index is -0.722. The predicted octanol–water partition coefficient (Wildman–Crippen LogP) is 5.51. The standard InChI is InChI=1S/C10H12.C6H12O2.3CH3.4Y/c1-7-2-9-4-8(1)5-10(3-7)6-9;1-4-6(2,3)5(7)8;;;;;;;/h1-6H2;4H2,1-3H3,(H,7,8);3*1H3;;;;/q-4;;3*-1;;;;. The summed E-state index contributed by atoms with van der Waals surface area (Å²) in [5.74, 6) is 6.57. The first-order valence-corrected chi connectivity index (χ1v) is 6.98. The van der Waals surface area contributed by atoms with Crippen molar-refractivity contribution in [2.45, 2.75) is 65.7 Å². The van der Waals surface area contributed by atoms with E-state index in [1.54, 1.807) is 13.8 Å². The zero-order valence-corrected chi connectivity index (χ0v) is 28.5. The van der Waals surface area contributed by atoms with E-state index in [0.717, 1.165) is 0 Å². The van der Waals surface area contributed by atoms with Crippen LogP contribution in [0.2, 0.25) is 0 Å². The molecule has 2 nitrogen and oxygen atoms in total. The molecule has 0 aromatic heterocycles. The van der Waals surface area contributed by atoms with Crippen LogP contribution in [-0.4, -0.2) is 11.1 Å². The Balaban J connectivity index is -0.0000000576. The van der Waals surface area contributed by atoms with Gasteiger partial charge in [-0.2, -0.15) is 0 Å². The zero-order valence-electron chi connectivity index (χ0n) is 17.1. The van der Waals surface area contributed by atoms with Gasteiger partial charge in [0.1, 0.15) is 0 Å². The van der Waals surface area contributed by atoms with Crippen LogP contribution >= 0.6 is 0 Å². The Kier molecular flexibility index (Phi) is 34.0. The maximum Gasteiger partial charge on any atom is 0.309 e. The van der Waals surface area contributed by atoms with Crippen LogP contribution in [0.3, 0.4) is 0 Å². The summed E-state index contributed by atoms with van der Waals surface area (Å²) in [6.45, 7) is 5.30. The van der Waals surface area contributed by atoms with Crippen LogP contribution in [0.15, 0.2) is 0 Å². The minimum Gasteiger partial charge on any atom is -0.481 e. The van der Waals surface area contributed by atoms with Gasteiger partial charge in [-0.3, -0.25) is 4.79 Å². The number of carboxylic acids is 1. The number of carboxylic acid groups (broad SMARTS) is 1. The number of hydrogen-bond donors (Lipinski definition) is 1. The Morgan fingerprint density at radius 1 is 0.760 bits per heavy atom. The van der Waals surface area contributed by atoms with Gasteiger partial charge in [0.05, 0.1) is 5.41 Å². The van der Waals surface area contributed by atoms with Crippen LogP contribution in [-0.2, 0) is 136 Å². The van der Waals surface area contributed by atoms with E-state index in [2.05, 4.69) is 0 Å². The molecule has 4 rings (SSSR count). The first-order valence-electron chi connectivity index (χ1n) is 6.98. The second kappa shape index (κ2) is 19.8. The number of hydrogen-bond acceptors (Lipinski definition) is 1. The second-order valence-electron chi connectivity index (χ2n) is 6.60. The van der Waals surface area contributed by atoms with Crippen molar-refractivity contribution in [3.8, 4) is 0 Å². The molecule has 4 radical (unpaired) electrons. The quantitative estimate of drug-likeness (QED) is 0.401. The molecule has 0 unspecified atom stereocenters. The smallest absolute Gasteiger partial charge is 0.309 e. The Morgan fingerprint density at radius 2 is 0.960 bits per heavy atom. The third kappa shape index (κ3) is 13.7. The van der Waals surface area contributed by atoms with E-state index in [1.165, 1.54) is 38.5 Å². The van der Waals surface area contributed by atoms with Gasteiger partial charge in [0.2, 0.25) is 0 Å². The van der Waals surface area contributed by atoms with Crippen molar-refractivity contribution in [3.05, 3.63) is 46.0 Å². The Bertz CT molecular complexity index is 266. The molecule has 4 fully saturated rings. The number of rotatable bonds is 2. The molecule has 4 saturated carbocycles. The zero-order chi connectivity index (χ0) is 13.3. The van der Waals surface area contributed by atoms with Crippen molar-refractivity contribution >= 4 is 5.97 Å². The fourth-order valence-electron chi connectivity index (χ4n) is 3.02. The van der Waals surface area contributed by atoms with Gasteiger partial charge in [0.15, 0.2) is 0 Å². The van der Waals surface area contributed by atoms with E-state index in [0.29, 0.717) is 6.42 Å². The fraction of sp³-hybridized carbons (Fsp3) is 0.579. The molecule has 0 spiro atoms. The maximum absolute atomic E-state index is 10.3. The van der Waals surface area contributed by atoms with Crippen LogP contribution in [0.25, 0.3) is 0 Å². The topological polar surface area (TPSA) is 37.3 Å². The Hall–Kier alpha value is 3.89. The van der Waals surface area contributed by atoms with Gasteiger partial charge >= 0.3 is 5.97 Å². The average Bonchev–Trinajstić information content (AvgIpc) is 2.27. The van der Waals surface area contributed by atoms with Crippen LogP contribution < -0.4 is 0 Å².